The molecule has 3 rings (SSSR count). The topological polar surface area (TPSA) is 58.8 Å². The number of nitrogens with two attached hydrogens (primary N) is 1. The Bertz CT molecular complexity index is 759. The molecule has 1 saturated heterocycles. The van der Waals surface area contributed by atoms with Gasteiger partial charge in [-0.3, -0.25) is 9.69 Å². The maximum Gasteiger partial charge on any atom is 0.262 e. The summed E-state index contributed by atoms with van der Waals surface area (Å²) in [5.74, 6) is 0.819. The van der Waals surface area contributed by atoms with Crippen molar-refractivity contribution in [3.63, 3.8) is 0 Å². The van der Waals surface area contributed by atoms with Crippen LogP contribution in [0.4, 0.5) is 0 Å². The first-order valence-electron chi connectivity index (χ1n) is 10.6. The highest BCUT2D eigenvalue weighted by Crippen LogP contribution is 2.35. The number of benzene rings is 1. The van der Waals surface area contributed by atoms with E-state index in [1.807, 2.05) is 36.1 Å². The number of carbonyl (C=O) groups excluding carboxylic acids is 1. The number of amides is 1. The van der Waals surface area contributed by atoms with Gasteiger partial charge in [0.2, 0.25) is 0 Å². The third-order valence-corrected chi connectivity index (χ3v) is 6.87. The van der Waals surface area contributed by atoms with Gasteiger partial charge >= 0.3 is 0 Å². The zero-order valence-electron chi connectivity index (χ0n) is 17.7. The lowest BCUT2D eigenvalue weighted by molar-refractivity contribution is -0.128. The molecule has 2 N–H and O–H groups in total. The van der Waals surface area contributed by atoms with Crippen LogP contribution in [0.3, 0.4) is 0 Å². The summed E-state index contributed by atoms with van der Waals surface area (Å²) in [4.78, 5) is 19.1. The summed E-state index contributed by atoms with van der Waals surface area (Å²) in [5.41, 5.74) is 7.60. The number of allylic oxidation sites excluding steroid dienone is 1. The number of thioether (sulfide) groups is 1. The van der Waals surface area contributed by atoms with Crippen LogP contribution in [0, 0.1) is 0 Å². The summed E-state index contributed by atoms with van der Waals surface area (Å²) in [6, 6.07) is 8.50. The molecule has 0 atom stereocenters. The summed E-state index contributed by atoms with van der Waals surface area (Å²) < 4.78 is 5.58. The third-order valence-electron chi connectivity index (χ3n) is 5.69. The molecule has 0 radical (unpaired) electrons. The fourth-order valence-corrected chi connectivity index (χ4v) is 4.97. The van der Waals surface area contributed by atoms with E-state index in [4.69, 9.17) is 10.5 Å². The predicted octanol–water partition coefficient (Wildman–Crippen LogP) is 4.07. The van der Waals surface area contributed by atoms with Gasteiger partial charge in [0.1, 0.15) is 5.75 Å². The summed E-state index contributed by atoms with van der Waals surface area (Å²) >= 11 is 1.36. The molecule has 158 valence electrons. The van der Waals surface area contributed by atoms with Crippen LogP contribution < -0.4 is 10.5 Å². The fraction of sp³-hybridized carbons (Fsp3) is 0.522. The quantitative estimate of drug-likeness (QED) is 0.681. The molecule has 0 spiro atoms. The van der Waals surface area contributed by atoms with E-state index in [0.717, 1.165) is 42.4 Å². The highest BCUT2D eigenvalue weighted by atomic mass is 32.2. The van der Waals surface area contributed by atoms with Crippen molar-refractivity contribution in [1.29, 1.82) is 0 Å². The third kappa shape index (κ3) is 5.58. The van der Waals surface area contributed by atoms with Gasteiger partial charge in [-0.05, 0) is 44.4 Å². The zero-order chi connectivity index (χ0) is 20.8. The van der Waals surface area contributed by atoms with Crippen LogP contribution in [0.15, 0.2) is 41.4 Å². The molecule has 1 aliphatic carbocycles. The van der Waals surface area contributed by atoms with Crippen LogP contribution in [-0.4, -0.2) is 54.5 Å². The number of ether oxygens (including phenoxy) is 1. The smallest absolute Gasteiger partial charge is 0.262 e. The zero-order valence-corrected chi connectivity index (χ0v) is 18.5. The van der Waals surface area contributed by atoms with Crippen LogP contribution in [0.5, 0.6) is 5.75 Å². The molecule has 1 saturated carbocycles. The molecule has 2 fully saturated rings. The van der Waals surface area contributed by atoms with Gasteiger partial charge in [-0.1, -0.05) is 43.3 Å². The van der Waals surface area contributed by atoms with E-state index < -0.39 is 0 Å². The second kappa shape index (κ2) is 10.2. The average molecular weight is 416 g/mol. The van der Waals surface area contributed by atoms with Crippen molar-refractivity contribution >= 4 is 22.6 Å². The molecular weight excluding hydrogens is 382 g/mol. The number of nitrogens with zero attached hydrogens (tertiary/aromatic N) is 2. The Labute approximate surface area is 179 Å². The number of piperazine rings is 1. The molecule has 2 aliphatic rings. The van der Waals surface area contributed by atoms with E-state index in [9.17, 15) is 4.79 Å². The fourth-order valence-electron chi connectivity index (χ4n) is 4.10. The van der Waals surface area contributed by atoms with Crippen LogP contribution in [0.25, 0.3) is 4.91 Å². The van der Waals surface area contributed by atoms with E-state index in [-0.39, 0.29) is 5.91 Å². The second-order valence-electron chi connectivity index (χ2n) is 7.76. The van der Waals surface area contributed by atoms with Gasteiger partial charge in [-0.2, -0.15) is 0 Å². The maximum absolute atomic E-state index is 13.2. The van der Waals surface area contributed by atoms with Crippen molar-refractivity contribution < 1.29 is 9.53 Å². The highest BCUT2D eigenvalue weighted by molar-refractivity contribution is 8.12. The number of rotatable bonds is 7. The Morgan fingerprint density at radius 3 is 2.55 bits per heavy atom. The molecular formula is C23H33N3O2S. The van der Waals surface area contributed by atoms with Gasteiger partial charge in [0.25, 0.3) is 5.91 Å². The van der Waals surface area contributed by atoms with E-state index in [1.54, 1.807) is 6.92 Å². The van der Waals surface area contributed by atoms with E-state index in [1.165, 1.54) is 37.4 Å². The molecule has 6 heteroatoms. The first-order chi connectivity index (χ1) is 14.0. The molecule has 1 aromatic carbocycles. The lowest BCUT2D eigenvalue weighted by Crippen LogP contribution is -2.51. The first kappa shape index (κ1) is 21.8. The molecule has 1 aromatic rings. The molecule has 5 nitrogen and oxygen atoms in total. The highest BCUT2D eigenvalue weighted by Gasteiger charge is 2.29. The molecule has 29 heavy (non-hydrogen) atoms. The summed E-state index contributed by atoms with van der Waals surface area (Å²) in [6.45, 7) is 12.0. The number of hydrogen-bond acceptors (Lipinski definition) is 5. The van der Waals surface area contributed by atoms with Gasteiger partial charge in [0, 0.05) is 42.8 Å². The number of carbonyl (C=O) groups is 1. The van der Waals surface area contributed by atoms with E-state index >= 15 is 0 Å². The second-order valence-corrected chi connectivity index (χ2v) is 8.87. The van der Waals surface area contributed by atoms with Gasteiger partial charge in [0.05, 0.1) is 11.5 Å². The van der Waals surface area contributed by atoms with Crippen LogP contribution in [0.1, 0.15) is 45.1 Å². The van der Waals surface area contributed by atoms with Crippen molar-refractivity contribution in [1.82, 2.24) is 9.80 Å². The molecule has 0 bridgehead atoms. The Balaban J connectivity index is 1.62. The van der Waals surface area contributed by atoms with E-state index in [2.05, 4.69) is 11.5 Å². The van der Waals surface area contributed by atoms with Crippen molar-refractivity contribution in [2.75, 3.05) is 32.8 Å². The van der Waals surface area contributed by atoms with Gasteiger partial charge in [0.15, 0.2) is 0 Å². The van der Waals surface area contributed by atoms with Crippen molar-refractivity contribution in [2.45, 2.75) is 45.6 Å². The largest absolute Gasteiger partial charge is 0.494 e. The van der Waals surface area contributed by atoms with Crippen molar-refractivity contribution in [3.05, 3.63) is 47.0 Å². The predicted molar refractivity (Wildman–Crippen MR) is 122 cm³/mol. The van der Waals surface area contributed by atoms with Crippen LogP contribution in [0.2, 0.25) is 0 Å². The van der Waals surface area contributed by atoms with Crippen LogP contribution >= 0.6 is 11.8 Å². The summed E-state index contributed by atoms with van der Waals surface area (Å²) in [6.07, 6.45) is 5.29. The lowest BCUT2D eigenvalue weighted by Gasteiger charge is -2.38. The van der Waals surface area contributed by atoms with E-state index in [0.29, 0.717) is 23.3 Å². The molecule has 0 aromatic heterocycles. The normalized spacial score (nSPS) is 19.2. The van der Waals surface area contributed by atoms with Gasteiger partial charge < -0.3 is 15.4 Å². The molecule has 1 aliphatic heterocycles. The van der Waals surface area contributed by atoms with Crippen molar-refractivity contribution in [2.24, 2.45) is 5.73 Å². The minimum absolute atomic E-state index is 0.0168. The molecule has 1 heterocycles. The average Bonchev–Trinajstić information content (AvgIpc) is 3.26. The minimum atomic E-state index is 0.0168. The first-order valence-corrected chi connectivity index (χ1v) is 11.4. The van der Waals surface area contributed by atoms with Gasteiger partial charge in [-0.15, -0.1) is 0 Å². The van der Waals surface area contributed by atoms with Crippen molar-refractivity contribution in [3.8, 4) is 5.75 Å². The summed E-state index contributed by atoms with van der Waals surface area (Å²) in [5, 5.41) is 0. The lowest BCUT2D eigenvalue weighted by atomic mass is 10.2. The Hall–Kier alpha value is -1.92. The molecule has 0 unspecified atom stereocenters. The monoisotopic (exact) mass is 415 g/mol. The number of hydrogen-bond donors (Lipinski definition) is 1. The Kier molecular flexibility index (Phi) is 7.67. The SMILES string of the molecule is C=C(S/C(C(=O)N1CCN(C2CCCC2)CC1)=C(/C)N)c1cccc(OCC)c1. The van der Waals surface area contributed by atoms with Gasteiger partial charge in [-0.25, -0.2) is 0 Å². The Morgan fingerprint density at radius 1 is 1.24 bits per heavy atom. The maximum atomic E-state index is 13.2. The summed E-state index contributed by atoms with van der Waals surface area (Å²) in [7, 11) is 0. The standard InChI is InChI=1S/C23H33N3O2S/c1-4-28-21-11-7-8-19(16-21)18(3)29-22(17(2)24)23(27)26-14-12-25(13-15-26)20-9-5-6-10-20/h7-8,11,16,20H,3-6,9-10,12-15,24H2,1-2H3/b22-17-. The minimum Gasteiger partial charge on any atom is -0.494 e. The van der Waals surface area contributed by atoms with Crippen LogP contribution in [-0.2, 0) is 4.79 Å². The molecule has 1 amide bonds. The Morgan fingerprint density at radius 2 is 1.93 bits per heavy atom.